The molecule has 0 unspecified atom stereocenters. The molecule has 0 aromatic carbocycles. The van der Waals surface area contributed by atoms with Gasteiger partial charge in [-0.25, -0.2) is 4.98 Å². The number of carbonyl (C=O) groups is 2. The van der Waals surface area contributed by atoms with E-state index in [-0.39, 0.29) is 0 Å². The van der Waals surface area contributed by atoms with Crippen LogP contribution >= 0.6 is 0 Å². The molecule has 0 radical (unpaired) electrons. The number of rotatable bonds is 1. The van der Waals surface area contributed by atoms with Crippen molar-refractivity contribution in [3.05, 3.63) is 30.2 Å². The Labute approximate surface area is 122 Å². The lowest BCUT2D eigenvalue weighted by Gasteiger charge is -2.25. The van der Waals surface area contributed by atoms with Crippen molar-refractivity contribution in [1.29, 1.82) is 0 Å². The van der Waals surface area contributed by atoms with Crippen LogP contribution in [0.15, 0.2) is 24.5 Å². The highest BCUT2D eigenvalue weighted by atomic mass is 16.2. The molecule has 3 rings (SSSR count). The molecule has 6 nitrogen and oxygen atoms in total. The van der Waals surface area contributed by atoms with E-state index in [0.29, 0.717) is 18.8 Å². The number of nitrogens with one attached hydrogen (secondary N) is 1. The van der Waals surface area contributed by atoms with E-state index < -0.39 is 11.8 Å². The molecule has 1 aliphatic rings. The van der Waals surface area contributed by atoms with Gasteiger partial charge in [-0.15, -0.1) is 0 Å². The fourth-order valence-corrected chi connectivity index (χ4v) is 2.61. The molecule has 0 saturated carbocycles. The summed E-state index contributed by atoms with van der Waals surface area (Å²) >= 11 is 0. The van der Waals surface area contributed by atoms with Gasteiger partial charge in [0.15, 0.2) is 0 Å². The Morgan fingerprint density at radius 2 is 2.00 bits per heavy atom. The zero-order chi connectivity index (χ0) is 14.8. The highest BCUT2D eigenvalue weighted by molar-refractivity contribution is 6.39. The van der Waals surface area contributed by atoms with Crippen LogP contribution in [0, 0.1) is 6.92 Å². The van der Waals surface area contributed by atoms with Crippen LogP contribution in [-0.4, -0.2) is 39.2 Å². The fraction of sp³-hybridized carbons (Fsp3) is 0.400. The zero-order valence-electron chi connectivity index (χ0n) is 12.0. The molecule has 0 spiro atoms. The van der Waals surface area contributed by atoms with Crippen molar-refractivity contribution in [3.63, 3.8) is 0 Å². The Hall–Kier alpha value is -2.37. The van der Waals surface area contributed by atoms with E-state index in [9.17, 15) is 9.59 Å². The average molecular weight is 286 g/mol. The molecular weight excluding hydrogens is 268 g/mol. The van der Waals surface area contributed by atoms with Gasteiger partial charge in [0.1, 0.15) is 5.65 Å². The summed E-state index contributed by atoms with van der Waals surface area (Å²) in [4.78, 5) is 29.9. The van der Waals surface area contributed by atoms with E-state index in [0.717, 1.165) is 30.6 Å². The van der Waals surface area contributed by atoms with Crippen LogP contribution in [0.5, 0.6) is 0 Å². The van der Waals surface area contributed by atoms with Gasteiger partial charge in [0.2, 0.25) is 0 Å². The molecule has 0 bridgehead atoms. The highest BCUT2D eigenvalue weighted by Crippen LogP contribution is 2.14. The maximum atomic E-state index is 12.1. The predicted molar refractivity (Wildman–Crippen MR) is 79.0 cm³/mol. The SMILES string of the molecule is Cc1cnc2cc(NC(=O)C(=O)N3CCCCC3)ccn12. The van der Waals surface area contributed by atoms with Crippen molar-refractivity contribution < 1.29 is 9.59 Å². The summed E-state index contributed by atoms with van der Waals surface area (Å²) in [6.07, 6.45) is 6.66. The third kappa shape index (κ3) is 2.74. The summed E-state index contributed by atoms with van der Waals surface area (Å²) in [6.45, 7) is 3.30. The van der Waals surface area contributed by atoms with E-state index in [1.54, 1.807) is 23.2 Å². The van der Waals surface area contributed by atoms with Crippen LogP contribution < -0.4 is 5.32 Å². The van der Waals surface area contributed by atoms with Gasteiger partial charge >= 0.3 is 11.8 Å². The summed E-state index contributed by atoms with van der Waals surface area (Å²) < 4.78 is 1.92. The summed E-state index contributed by atoms with van der Waals surface area (Å²) in [5.41, 5.74) is 2.35. The first-order chi connectivity index (χ1) is 10.1. The number of amides is 2. The number of nitrogens with zero attached hydrogens (tertiary/aromatic N) is 3. The third-order valence-corrected chi connectivity index (χ3v) is 3.79. The predicted octanol–water partition coefficient (Wildman–Crippen LogP) is 1.59. The number of hydrogen-bond acceptors (Lipinski definition) is 3. The summed E-state index contributed by atoms with van der Waals surface area (Å²) in [6, 6.07) is 3.53. The van der Waals surface area contributed by atoms with Crippen molar-refractivity contribution in [2.24, 2.45) is 0 Å². The van der Waals surface area contributed by atoms with E-state index in [1.807, 2.05) is 17.5 Å². The van der Waals surface area contributed by atoms with Crippen molar-refractivity contribution in [1.82, 2.24) is 14.3 Å². The Morgan fingerprint density at radius 1 is 1.24 bits per heavy atom. The number of fused-ring (bicyclic) bond motifs is 1. The first-order valence-corrected chi connectivity index (χ1v) is 7.19. The second-order valence-electron chi connectivity index (χ2n) is 5.35. The van der Waals surface area contributed by atoms with Crippen LogP contribution in [0.3, 0.4) is 0 Å². The molecule has 2 aromatic rings. The van der Waals surface area contributed by atoms with Gasteiger partial charge in [-0.1, -0.05) is 0 Å². The molecule has 1 aliphatic heterocycles. The standard InChI is InChI=1S/C15H18N4O2/c1-11-10-16-13-9-12(5-8-19(11)13)17-14(20)15(21)18-6-3-2-4-7-18/h5,8-10H,2-4,6-7H2,1H3,(H,17,20). The maximum absolute atomic E-state index is 12.1. The number of piperidine rings is 1. The number of anilines is 1. The minimum Gasteiger partial charge on any atom is -0.334 e. The number of aromatic nitrogens is 2. The topological polar surface area (TPSA) is 66.7 Å². The van der Waals surface area contributed by atoms with Gasteiger partial charge in [-0.05, 0) is 32.3 Å². The second kappa shape index (κ2) is 5.55. The van der Waals surface area contributed by atoms with Crippen molar-refractivity contribution in [2.45, 2.75) is 26.2 Å². The molecule has 1 fully saturated rings. The van der Waals surface area contributed by atoms with Gasteiger partial charge in [0, 0.05) is 42.9 Å². The molecule has 1 N–H and O–H groups in total. The normalized spacial score (nSPS) is 15.2. The second-order valence-corrected chi connectivity index (χ2v) is 5.35. The monoisotopic (exact) mass is 286 g/mol. The number of imidazole rings is 1. The first-order valence-electron chi connectivity index (χ1n) is 7.19. The van der Waals surface area contributed by atoms with E-state index in [1.165, 1.54) is 0 Å². The van der Waals surface area contributed by atoms with Crippen LogP contribution in [0.25, 0.3) is 5.65 Å². The Morgan fingerprint density at radius 3 is 2.76 bits per heavy atom. The van der Waals surface area contributed by atoms with Crippen LogP contribution in [0.4, 0.5) is 5.69 Å². The lowest BCUT2D eigenvalue weighted by atomic mass is 10.1. The summed E-state index contributed by atoms with van der Waals surface area (Å²) in [5, 5.41) is 2.66. The average Bonchev–Trinajstić information content (AvgIpc) is 2.88. The molecule has 2 amide bonds. The van der Waals surface area contributed by atoms with Gasteiger partial charge in [0.05, 0.1) is 0 Å². The van der Waals surface area contributed by atoms with Gasteiger partial charge in [-0.3, -0.25) is 9.59 Å². The van der Waals surface area contributed by atoms with Gasteiger partial charge < -0.3 is 14.6 Å². The molecule has 0 atom stereocenters. The number of pyridine rings is 1. The Bertz CT molecular complexity index is 686. The van der Waals surface area contributed by atoms with Gasteiger partial charge in [-0.2, -0.15) is 0 Å². The summed E-state index contributed by atoms with van der Waals surface area (Å²) in [5.74, 6) is -1.03. The van der Waals surface area contributed by atoms with E-state index in [2.05, 4.69) is 10.3 Å². The molecule has 2 aromatic heterocycles. The van der Waals surface area contributed by atoms with Crippen molar-refractivity contribution in [2.75, 3.05) is 18.4 Å². The quantitative estimate of drug-likeness (QED) is 0.810. The Kier molecular flexibility index (Phi) is 3.60. The maximum Gasteiger partial charge on any atom is 0.313 e. The Balaban J connectivity index is 1.71. The molecule has 110 valence electrons. The molecule has 6 heteroatoms. The number of aryl methyl sites for hydroxylation is 1. The number of likely N-dealkylation sites (tertiary alicyclic amines) is 1. The smallest absolute Gasteiger partial charge is 0.313 e. The highest BCUT2D eigenvalue weighted by Gasteiger charge is 2.23. The minimum atomic E-state index is -0.579. The van der Waals surface area contributed by atoms with Crippen molar-refractivity contribution in [3.8, 4) is 0 Å². The van der Waals surface area contributed by atoms with Crippen LogP contribution in [-0.2, 0) is 9.59 Å². The lowest BCUT2D eigenvalue weighted by Crippen LogP contribution is -2.42. The molecule has 3 heterocycles. The molecule has 1 saturated heterocycles. The van der Waals surface area contributed by atoms with E-state index >= 15 is 0 Å². The third-order valence-electron chi connectivity index (χ3n) is 3.79. The van der Waals surface area contributed by atoms with Crippen LogP contribution in [0.1, 0.15) is 25.0 Å². The molecule has 21 heavy (non-hydrogen) atoms. The minimum absolute atomic E-state index is 0.450. The van der Waals surface area contributed by atoms with Crippen molar-refractivity contribution >= 4 is 23.1 Å². The molecule has 0 aliphatic carbocycles. The fourth-order valence-electron chi connectivity index (χ4n) is 2.61. The van der Waals surface area contributed by atoms with Gasteiger partial charge in [0.25, 0.3) is 0 Å². The largest absolute Gasteiger partial charge is 0.334 e. The first kappa shape index (κ1) is 13.6. The van der Waals surface area contributed by atoms with E-state index in [4.69, 9.17) is 0 Å². The zero-order valence-corrected chi connectivity index (χ0v) is 12.0. The lowest BCUT2D eigenvalue weighted by molar-refractivity contribution is -0.143. The van der Waals surface area contributed by atoms with Crippen LogP contribution in [0.2, 0.25) is 0 Å². The number of carbonyl (C=O) groups excluding carboxylic acids is 2. The molecular formula is C15H18N4O2. The number of hydrogen-bond donors (Lipinski definition) is 1. The summed E-state index contributed by atoms with van der Waals surface area (Å²) in [7, 11) is 0.